The van der Waals surface area contributed by atoms with Gasteiger partial charge in [0, 0.05) is 5.69 Å². The van der Waals surface area contributed by atoms with Gasteiger partial charge in [-0.1, -0.05) is 0 Å². The summed E-state index contributed by atoms with van der Waals surface area (Å²) < 4.78 is 12.7. The lowest BCUT2D eigenvalue weighted by molar-refractivity contribution is -0.0897. The smallest absolute Gasteiger partial charge is 0.322 e. The lowest BCUT2D eigenvalue weighted by atomic mass is 9.89. The number of nitrogens with one attached hydrogen (secondary N) is 1. The Morgan fingerprint density at radius 2 is 1.94 bits per heavy atom. The van der Waals surface area contributed by atoms with E-state index in [-0.39, 0.29) is 11.8 Å². The molecule has 1 saturated carbocycles. The van der Waals surface area contributed by atoms with E-state index in [1.165, 1.54) is 24.3 Å². The lowest BCUT2D eigenvalue weighted by Crippen LogP contribution is -2.65. The predicted molar refractivity (Wildman–Crippen MR) is 64.7 cm³/mol. The maximum absolute atomic E-state index is 12.7. The van der Waals surface area contributed by atoms with E-state index in [1.54, 1.807) is 4.90 Å². The zero-order chi connectivity index (χ0) is 12.8. The number of nitrogens with zero attached hydrogens (tertiary/aromatic N) is 1. The first-order chi connectivity index (χ1) is 8.57. The van der Waals surface area contributed by atoms with Gasteiger partial charge in [-0.15, -0.1) is 0 Å². The van der Waals surface area contributed by atoms with Gasteiger partial charge in [0.2, 0.25) is 0 Å². The van der Waals surface area contributed by atoms with Crippen molar-refractivity contribution in [1.29, 1.82) is 0 Å². The molecule has 18 heavy (non-hydrogen) atoms. The normalized spacial score (nSPS) is 21.3. The second-order valence-corrected chi connectivity index (χ2v) is 5.17. The van der Waals surface area contributed by atoms with E-state index in [0.29, 0.717) is 24.7 Å². The first kappa shape index (κ1) is 11.5. The number of rotatable bonds is 2. The van der Waals surface area contributed by atoms with Gasteiger partial charge in [0.15, 0.2) is 0 Å². The quantitative estimate of drug-likeness (QED) is 0.841. The zero-order valence-corrected chi connectivity index (χ0v) is 9.90. The Morgan fingerprint density at radius 1 is 1.33 bits per heavy atom. The second-order valence-electron chi connectivity index (χ2n) is 5.17. The maximum atomic E-state index is 12.7. The average molecular weight is 250 g/mol. The number of anilines is 1. The number of urea groups is 1. The number of halogens is 1. The van der Waals surface area contributed by atoms with Crippen LogP contribution in [-0.2, 0) is 0 Å². The number of carbonyl (C=O) groups excluding carboxylic acids is 1. The van der Waals surface area contributed by atoms with Gasteiger partial charge in [-0.2, -0.15) is 0 Å². The van der Waals surface area contributed by atoms with Gasteiger partial charge in [-0.25, -0.2) is 9.18 Å². The minimum atomic E-state index is -0.667. The Labute approximate surface area is 104 Å². The molecule has 1 saturated heterocycles. The number of hydrogen-bond acceptors (Lipinski definition) is 2. The molecule has 2 amide bonds. The van der Waals surface area contributed by atoms with E-state index in [1.807, 2.05) is 0 Å². The highest BCUT2D eigenvalue weighted by Crippen LogP contribution is 2.44. The van der Waals surface area contributed by atoms with E-state index < -0.39 is 5.60 Å². The third kappa shape index (κ3) is 2.06. The Kier molecular flexibility index (Phi) is 2.52. The molecule has 0 bridgehead atoms. The molecule has 0 aromatic heterocycles. The highest BCUT2D eigenvalue weighted by atomic mass is 19.1. The highest BCUT2D eigenvalue weighted by molar-refractivity contribution is 5.90. The van der Waals surface area contributed by atoms with Gasteiger partial charge in [0.1, 0.15) is 11.4 Å². The van der Waals surface area contributed by atoms with Crippen molar-refractivity contribution in [2.24, 2.45) is 5.92 Å². The van der Waals surface area contributed by atoms with E-state index in [0.717, 1.165) is 12.8 Å². The van der Waals surface area contributed by atoms with Crippen molar-refractivity contribution in [3.05, 3.63) is 30.1 Å². The largest absolute Gasteiger partial charge is 0.386 e. The van der Waals surface area contributed by atoms with E-state index in [9.17, 15) is 14.3 Å². The van der Waals surface area contributed by atoms with Crippen LogP contribution in [0.15, 0.2) is 24.3 Å². The minimum Gasteiger partial charge on any atom is -0.386 e. The van der Waals surface area contributed by atoms with E-state index in [2.05, 4.69) is 5.32 Å². The fourth-order valence-electron chi connectivity index (χ4n) is 2.37. The topological polar surface area (TPSA) is 52.6 Å². The molecule has 96 valence electrons. The number of aliphatic hydroxyl groups is 1. The van der Waals surface area contributed by atoms with Crippen LogP contribution in [0.3, 0.4) is 0 Å². The van der Waals surface area contributed by atoms with E-state index >= 15 is 0 Å². The van der Waals surface area contributed by atoms with Gasteiger partial charge in [0.05, 0.1) is 13.1 Å². The summed E-state index contributed by atoms with van der Waals surface area (Å²) in [5, 5.41) is 12.8. The molecule has 0 atom stereocenters. The molecule has 1 heterocycles. The zero-order valence-electron chi connectivity index (χ0n) is 9.90. The number of β-amino-alcohol motifs (C(OH)–C–C–N with tert-alkyl or cyclic N) is 1. The molecule has 4 nitrogen and oxygen atoms in total. The van der Waals surface area contributed by atoms with Crippen LogP contribution >= 0.6 is 0 Å². The molecule has 1 aromatic rings. The molecular weight excluding hydrogens is 235 g/mol. The minimum absolute atomic E-state index is 0.244. The summed E-state index contributed by atoms with van der Waals surface area (Å²) in [5.41, 5.74) is -0.108. The first-order valence-corrected chi connectivity index (χ1v) is 6.11. The summed E-state index contributed by atoms with van der Waals surface area (Å²) in [6, 6.07) is 5.38. The molecule has 2 aliphatic rings. The molecule has 3 rings (SSSR count). The molecule has 0 radical (unpaired) electrons. The summed E-state index contributed by atoms with van der Waals surface area (Å²) >= 11 is 0. The standard InChI is InChI=1S/C13H15FN2O2/c14-10-3-5-11(6-4-10)15-12(17)16-7-13(18,8-16)9-1-2-9/h3-6,9,18H,1-2,7-8H2,(H,15,17). The van der Waals surface area contributed by atoms with Crippen LogP contribution in [0, 0.1) is 11.7 Å². The molecule has 0 spiro atoms. The molecule has 1 aromatic carbocycles. The van der Waals surface area contributed by atoms with Gasteiger partial charge in [0.25, 0.3) is 0 Å². The fraction of sp³-hybridized carbons (Fsp3) is 0.462. The van der Waals surface area contributed by atoms with Crippen molar-refractivity contribution in [2.75, 3.05) is 18.4 Å². The maximum Gasteiger partial charge on any atom is 0.322 e. The predicted octanol–water partition coefficient (Wildman–Crippen LogP) is 1.81. The number of amides is 2. The van der Waals surface area contributed by atoms with Gasteiger partial charge < -0.3 is 15.3 Å². The van der Waals surface area contributed by atoms with Crippen molar-refractivity contribution >= 4 is 11.7 Å². The van der Waals surface area contributed by atoms with Crippen LogP contribution in [0.4, 0.5) is 14.9 Å². The van der Waals surface area contributed by atoms with Crippen LogP contribution in [0.25, 0.3) is 0 Å². The Bertz CT molecular complexity index is 464. The van der Waals surface area contributed by atoms with Crippen molar-refractivity contribution in [3.63, 3.8) is 0 Å². The van der Waals surface area contributed by atoms with Crippen LogP contribution < -0.4 is 5.32 Å². The molecule has 1 aliphatic heterocycles. The summed E-state index contributed by atoms with van der Waals surface area (Å²) in [6.07, 6.45) is 2.12. The average Bonchev–Trinajstić information content (AvgIpc) is 3.12. The van der Waals surface area contributed by atoms with E-state index in [4.69, 9.17) is 0 Å². The fourth-order valence-corrected chi connectivity index (χ4v) is 2.37. The van der Waals surface area contributed by atoms with Crippen molar-refractivity contribution in [2.45, 2.75) is 18.4 Å². The molecular formula is C13H15FN2O2. The van der Waals surface area contributed by atoms with Crippen LogP contribution in [-0.4, -0.2) is 34.7 Å². The SMILES string of the molecule is O=C(Nc1ccc(F)cc1)N1CC(O)(C2CC2)C1. The number of benzene rings is 1. The second kappa shape index (κ2) is 3.95. The third-order valence-electron chi connectivity index (χ3n) is 3.65. The van der Waals surface area contributed by atoms with Crippen LogP contribution in [0.1, 0.15) is 12.8 Å². The first-order valence-electron chi connectivity index (χ1n) is 6.11. The Balaban J connectivity index is 1.55. The number of carbonyl (C=O) groups is 1. The summed E-state index contributed by atoms with van der Waals surface area (Å²) in [5.74, 6) is 0.0347. The van der Waals surface area contributed by atoms with Crippen molar-refractivity contribution in [1.82, 2.24) is 4.90 Å². The molecule has 5 heteroatoms. The van der Waals surface area contributed by atoms with Gasteiger partial charge >= 0.3 is 6.03 Å². The van der Waals surface area contributed by atoms with Gasteiger partial charge in [-0.3, -0.25) is 0 Å². The molecule has 2 N–H and O–H groups in total. The Morgan fingerprint density at radius 3 is 2.50 bits per heavy atom. The molecule has 0 unspecified atom stereocenters. The number of hydrogen-bond donors (Lipinski definition) is 2. The van der Waals surface area contributed by atoms with Crippen molar-refractivity contribution < 1.29 is 14.3 Å². The summed E-state index contributed by atoms with van der Waals surface area (Å²) in [7, 11) is 0. The van der Waals surface area contributed by atoms with Crippen LogP contribution in [0.2, 0.25) is 0 Å². The van der Waals surface area contributed by atoms with Gasteiger partial charge in [-0.05, 0) is 43.0 Å². The monoisotopic (exact) mass is 250 g/mol. The Hall–Kier alpha value is -1.62. The number of likely N-dealkylation sites (tertiary alicyclic amines) is 1. The molecule has 2 fully saturated rings. The summed E-state index contributed by atoms with van der Waals surface area (Å²) in [4.78, 5) is 13.4. The third-order valence-corrected chi connectivity index (χ3v) is 3.65. The molecule has 1 aliphatic carbocycles. The van der Waals surface area contributed by atoms with Crippen LogP contribution in [0.5, 0.6) is 0 Å². The summed E-state index contributed by atoms with van der Waals surface area (Å²) in [6.45, 7) is 0.787. The van der Waals surface area contributed by atoms with Crippen molar-refractivity contribution in [3.8, 4) is 0 Å². The lowest BCUT2D eigenvalue weighted by Gasteiger charge is -2.46. The highest BCUT2D eigenvalue weighted by Gasteiger charge is 2.53.